The quantitative estimate of drug-likeness (QED) is 0.406. The van der Waals surface area contributed by atoms with Crippen LogP contribution in [0.5, 0.6) is 5.88 Å². The molecule has 2 N–H and O–H groups in total. The van der Waals surface area contributed by atoms with E-state index in [4.69, 9.17) is 15.5 Å². The number of nitrogens with zero attached hydrogens (tertiary/aromatic N) is 6. The lowest BCUT2D eigenvalue weighted by molar-refractivity contribution is 0.0751. The van der Waals surface area contributed by atoms with Gasteiger partial charge in [-0.15, -0.1) is 0 Å². The lowest BCUT2D eigenvalue weighted by Crippen LogP contribution is -2.33. The van der Waals surface area contributed by atoms with E-state index in [9.17, 15) is 9.18 Å². The zero-order valence-corrected chi connectivity index (χ0v) is 22.3. The number of piperidine rings is 1. The van der Waals surface area contributed by atoms with Gasteiger partial charge < -0.3 is 15.4 Å². The molecule has 1 aliphatic heterocycles. The SMILES string of the molecule is Cc1ccnc(-n2cc(C(=O)N3C[C@@H]4C(Oc5cc(C(C)(C)N)cc(-c6ccc(F)cc6)n5)[C@@H]4C3)c(C)n2)n1. The number of nitrogens with two attached hydrogens (primary N) is 1. The molecule has 4 aromatic rings. The number of rotatable bonds is 6. The molecule has 1 saturated carbocycles. The number of amides is 1. The van der Waals surface area contributed by atoms with Crippen molar-refractivity contribution in [3.8, 4) is 23.1 Å². The van der Waals surface area contributed by atoms with Crippen LogP contribution in [0.3, 0.4) is 0 Å². The molecule has 1 aromatic carbocycles. The standard InChI is InChI=1S/C29H30FN7O2/c1-16-9-10-32-28(33-16)37-15-21(17(2)35-37)27(38)36-13-22-23(14-36)26(22)39-25-12-19(29(3,4)31)11-24(34-25)18-5-7-20(30)8-6-18/h5-12,15,22-23,26H,13-14,31H2,1-4H3/t22-,23+,26?. The van der Waals surface area contributed by atoms with Crippen molar-refractivity contribution in [2.24, 2.45) is 17.6 Å². The number of carbonyl (C=O) groups excluding carboxylic acids is 1. The van der Waals surface area contributed by atoms with Gasteiger partial charge in [0.1, 0.15) is 11.9 Å². The molecule has 3 atom stereocenters. The molecule has 2 aliphatic rings. The summed E-state index contributed by atoms with van der Waals surface area (Å²) in [5, 5.41) is 4.46. The molecular weight excluding hydrogens is 497 g/mol. The van der Waals surface area contributed by atoms with Crippen molar-refractivity contribution in [2.75, 3.05) is 13.1 Å². The van der Waals surface area contributed by atoms with E-state index >= 15 is 0 Å². The van der Waals surface area contributed by atoms with Gasteiger partial charge >= 0.3 is 0 Å². The van der Waals surface area contributed by atoms with Gasteiger partial charge in [0.25, 0.3) is 11.9 Å². The third kappa shape index (κ3) is 4.87. The monoisotopic (exact) mass is 527 g/mol. The first-order chi connectivity index (χ1) is 18.6. The van der Waals surface area contributed by atoms with Crippen molar-refractivity contribution in [3.05, 3.63) is 83.2 Å². The number of halogens is 1. The fraction of sp³-hybridized carbons (Fsp3) is 0.345. The second-order valence-electron chi connectivity index (χ2n) is 11.0. The highest BCUT2D eigenvalue weighted by atomic mass is 19.1. The zero-order valence-electron chi connectivity index (χ0n) is 22.3. The number of ether oxygens (including phenoxy) is 1. The molecule has 2 fully saturated rings. The number of hydrogen-bond donors (Lipinski definition) is 1. The Morgan fingerprint density at radius 1 is 1.08 bits per heavy atom. The Bertz CT molecular complexity index is 1550. The minimum absolute atomic E-state index is 0.0248. The van der Waals surface area contributed by atoms with Crippen molar-refractivity contribution < 1.29 is 13.9 Å². The number of pyridine rings is 1. The Morgan fingerprint density at radius 2 is 1.79 bits per heavy atom. The van der Waals surface area contributed by atoms with Gasteiger partial charge in [-0.1, -0.05) is 0 Å². The predicted octanol–water partition coefficient (Wildman–Crippen LogP) is 3.82. The van der Waals surface area contributed by atoms with Crippen molar-refractivity contribution in [3.63, 3.8) is 0 Å². The van der Waals surface area contributed by atoms with Gasteiger partial charge in [-0.2, -0.15) is 5.10 Å². The van der Waals surface area contributed by atoms with Gasteiger partial charge in [-0.25, -0.2) is 24.0 Å². The molecule has 10 heteroatoms. The van der Waals surface area contributed by atoms with Crippen LogP contribution in [0, 0.1) is 31.5 Å². The molecule has 1 unspecified atom stereocenters. The molecule has 0 spiro atoms. The van der Waals surface area contributed by atoms with Crippen LogP contribution in [-0.2, 0) is 5.54 Å². The first-order valence-corrected chi connectivity index (χ1v) is 13.0. The summed E-state index contributed by atoms with van der Waals surface area (Å²) in [6.45, 7) is 8.75. The van der Waals surface area contributed by atoms with E-state index in [0.717, 1.165) is 16.8 Å². The molecule has 0 bridgehead atoms. The maximum atomic E-state index is 13.5. The molecule has 6 rings (SSSR count). The summed E-state index contributed by atoms with van der Waals surface area (Å²) in [5.74, 6) is 1.02. The largest absolute Gasteiger partial charge is 0.474 e. The lowest BCUT2D eigenvalue weighted by Gasteiger charge is -2.22. The summed E-state index contributed by atoms with van der Waals surface area (Å²) >= 11 is 0. The van der Waals surface area contributed by atoms with E-state index in [2.05, 4.69) is 15.1 Å². The summed E-state index contributed by atoms with van der Waals surface area (Å²) < 4.78 is 21.4. The van der Waals surface area contributed by atoms with Gasteiger partial charge in [0.15, 0.2) is 0 Å². The van der Waals surface area contributed by atoms with Crippen LogP contribution in [0.15, 0.2) is 54.9 Å². The number of carbonyl (C=O) groups is 1. The van der Waals surface area contributed by atoms with E-state index in [0.29, 0.717) is 41.9 Å². The molecule has 3 aromatic heterocycles. The lowest BCUT2D eigenvalue weighted by atomic mass is 9.95. The second kappa shape index (κ2) is 9.23. The molecule has 1 saturated heterocycles. The van der Waals surface area contributed by atoms with E-state index in [1.165, 1.54) is 12.1 Å². The zero-order chi connectivity index (χ0) is 27.5. The van der Waals surface area contributed by atoms with Crippen molar-refractivity contribution in [1.29, 1.82) is 0 Å². The third-order valence-corrected chi connectivity index (χ3v) is 7.46. The van der Waals surface area contributed by atoms with Crippen LogP contribution < -0.4 is 10.5 Å². The average Bonchev–Trinajstić information content (AvgIpc) is 3.21. The molecular formula is C29H30FN7O2. The summed E-state index contributed by atoms with van der Waals surface area (Å²) in [4.78, 5) is 28.5. The van der Waals surface area contributed by atoms with Crippen LogP contribution in [0.25, 0.3) is 17.2 Å². The minimum Gasteiger partial charge on any atom is -0.474 e. The van der Waals surface area contributed by atoms with E-state index in [-0.39, 0.29) is 29.7 Å². The number of likely N-dealkylation sites (tertiary alicyclic amines) is 1. The van der Waals surface area contributed by atoms with Crippen LogP contribution in [0.2, 0.25) is 0 Å². The van der Waals surface area contributed by atoms with E-state index in [1.807, 2.05) is 50.8 Å². The van der Waals surface area contributed by atoms with Crippen molar-refractivity contribution in [1.82, 2.24) is 29.6 Å². The number of hydrogen-bond acceptors (Lipinski definition) is 7. The van der Waals surface area contributed by atoms with Gasteiger partial charge in [0, 0.05) is 60.2 Å². The molecule has 1 aliphatic carbocycles. The number of aromatic nitrogens is 5. The number of aryl methyl sites for hydroxylation is 2. The predicted molar refractivity (Wildman–Crippen MR) is 143 cm³/mol. The topological polar surface area (TPSA) is 112 Å². The molecule has 1 amide bonds. The molecule has 4 heterocycles. The summed E-state index contributed by atoms with van der Waals surface area (Å²) in [6, 6.07) is 11.8. The number of fused-ring (bicyclic) bond motifs is 1. The molecule has 0 radical (unpaired) electrons. The van der Waals surface area contributed by atoms with Crippen molar-refractivity contribution in [2.45, 2.75) is 39.3 Å². The van der Waals surface area contributed by atoms with Gasteiger partial charge in [0.2, 0.25) is 5.88 Å². The first-order valence-electron chi connectivity index (χ1n) is 13.0. The van der Waals surface area contributed by atoms with Gasteiger partial charge in [0.05, 0.1) is 17.0 Å². The van der Waals surface area contributed by atoms with Crippen LogP contribution in [0.4, 0.5) is 4.39 Å². The van der Waals surface area contributed by atoms with Gasteiger partial charge in [-0.05, 0) is 69.7 Å². The smallest absolute Gasteiger partial charge is 0.257 e. The Balaban J connectivity index is 1.16. The van der Waals surface area contributed by atoms with Crippen LogP contribution in [-0.4, -0.2) is 54.7 Å². The summed E-state index contributed by atoms with van der Waals surface area (Å²) in [7, 11) is 0. The molecule has 9 nitrogen and oxygen atoms in total. The van der Waals surface area contributed by atoms with E-state index in [1.54, 1.807) is 29.2 Å². The summed E-state index contributed by atoms with van der Waals surface area (Å²) in [5.41, 5.74) is 10.1. The van der Waals surface area contributed by atoms with Crippen LogP contribution >= 0.6 is 0 Å². The third-order valence-electron chi connectivity index (χ3n) is 7.46. The highest BCUT2D eigenvalue weighted by Crippen LogP contribution is 2.48. The number of benzene rings is 1. The van der Waals surface area contributed by atoms with E-state index < -0.39 is 5.54 Å². The second-order valence-corrected chi connectivity index (χ2v) is 11.0. The Hall–Kier alpha value is -4.18. The maximum Gasteiger partial charge on any atom is 0.257 e. The fourth-order valence-corrected chi connectivity index (χ4v) is 5.15. The van der Waals surface area contributed by atoms with Gasteiger partial charge in [-0.3, -0.25) is 4.79 Å². The average molecular weight is 528 g/mol. The van der Waals surface area contributed by atoms with Crippen molar-refractivity contribution >= 4 is 5.91 Å². The minimum atomic E-state index is -0.607. The molecule has 200 valence electrons. The molecule has 39 heavy (non-hydrogen) atoms. The Labute approximate surface area is 225 Å². The summed E-state index contributed by atoms with van der Waals surface area (Å²) in [6.07, 6.45) is 3.35. The highest BCUT2D eigenvalue weighted by Gasteiger charge is 2.59. The Kier molecular flexibility index (Phi) is 5.95. The Morgan fingerprint density at radius 3 is 2.46 bits per heavy atom. The highest BCUT2D eigenvalue weighted by molar-refractivity contribution is 5.95. The maximum absolute atomic E-state index is 13.5. The fourth-order valence-electron chi connectivity index (χ4n) is 5.15. The normalized spacial score (nSPS) is 20.2. The van der Waals surface area contributed by atoms with Crippen LogP contribution in [0.1, 0.15) is 41.2 Å². The first kappa shape index (κ1) is 25.1.